The van der Waals surface area contributed by atoms with Crippen LogP contribution in [0.4, 0.5) is 0 Å². The highest BCUT2D eigenvalue weighted by molar-refractivity contribution is 5.92. The summed E-state index contributed by atoms with van der Waals surface area (Å²) in [5.74, 6) is 0.399. The Morgan fingerprint density at radius 3 is 2.52 bits per heavy atom. The highest BCUT2D eigenvalue weighted by Crippen LogP contribution is 2.24. The summed E-state index contributed by atoms with van der Waals surface area (Å²) in [6.45, 7) is 10.5. The fourth-order valence-electron chi connectivity index (χ4n) is 4.10. The molecule has 0 bridgehead atoms. The summed E-state index contributed by atoms with van der Waals surface area (Å²) in [6, 6.07) is 8.14. The van der Waals surface area contributed by atoms with Gasteiger partial charge in [-0.1, -0.05) is 19.1 Å². The molecule has 2 atom stereocenters. The molecule has 6 heteroatoms. The van der Waals surface area contributed by atoms with Crippen LogP contribution in [0.1, 0.15) is 29.8 Å². The highest BCUT2D eigenvalue weighted by atomic mass is 16.2. The summed E-state index contributed by atoms with van der Waals surface area (Å²) < 4.78 is 0. The molecule has 25 heavy (non-hydrogen) atoms. The van der Waals surface area contributed by atoms with Crippen molar-refractivity contribution in [2.75, 3.05) is 39.3 Å². The Bertz CT molecular complexity index is 640. The number of likely N-dealkylation sites (tertiary alicyclic amines) is 1. The Morgan fingerprint density at radius 2 is 1.88 bits per heavy atom. The van der Waals surface area contributed by atoms with E-state index in [1.54, 1.807) is 13.0 Å². The van der Waals surface area contributed by atoms with Gasteiger partial charge in [-0.25, -0.2) is 0 Å². The van der Waals surface area contributed by atoms with Gasteiger partial charge in [-0.2, -0.15) is 0 Å². The van der Waals surface area contributed by atoms with Gasteiger partial charge >= 0.3 is 0 Å². The summed E-state index contributed by atoms with van der Waals surface area (Å²) >= 11 is 0. The second-order valence-electron chi connectivity index (χ2n) is 7.35. The van der Waals surface area contributed by atoms with Crippen LogP contribution in [0.3, 0.4) is 0 Å². The van der Waals surface area contributed by atoms with Gasteiger partial charge in [0.1, 0.15) is 0 Å². The average Bonchev–Trinajstić information content (AvgIpc) is 2.95. The first-order valence-electron chi connectivity index (χ1n) is 9.04. The van der Waals surface area contributed by atoms with E-state index in [0.717, 1.165) is 51.4 Å². The number of hydrogen-bond acceptors (Lipinski definition) is 4. The Morgan fingerprint density at radius 1 is 1.16 bits per heavy atom. The van der Waals surface area contributed by atoms with Gasteiger partial charge in [0.25, 0.3) is 0 Å². The standard InChI is InChI=1S/C19H28N4O2/c1-14-11-21(12-16-4-3-5-17(10-16)19(20)25)13-18(14)23-8-6-22(7-9-23)15(2)24/h3-5,10,14,18H,6-9,11-13H2,1-2H3,(H2,20,25)/t14-,18+/m0/s1. The zero-order valence-electron chi connectivity index (χ0n) is 15.1. The van der Waals surface area contributed by atoms with Crippen LogP contribution in [0.25, 0.3) is 0 Å². The van der Waals surface area contributed by atoms with Gasteiger partial charge < -0.3 is 10.6 Å². The molecule has 0 saturated carbocycles. The van der Waals surface area contributed by atoms with Crippen molar-refractivity contribution >= 4 is 11.8 Å². The van der Waals surface area contributed by atoms with Crippen molar-refractivity contribution in [3.05, 3.63) is 35.4 Å². The first-order valence-corrected chi connectivity index (χ1v) is 9.04. The van der Waals surface area contributed by atoms with E-state index in [-0.39, 0.29) is 11.8 Å². The lowest BCUT2D eigenvalue weighted by Crippen LogP contribution is -2.53. The van der Waals surface area contributed by atoms with Gasteiger partial charge in [0, 0.05) is 64.3 Å². The Balaban J connectivity index is 1.57. The third-order valence-electron chi connectivity index (χ3n) is 5.49. The summed E-state index contributed by atoms with van der Waals surface area (Å²) in [7, 11) is 0. The molecular weight excluding hydrogens is 316 g/mol. The molecule has 0 aromatic heterocycles. The fraction of sp³-hybridized carbons (Fsp3) is 0.579. The van der Waals surface area contributed by atoms with E-state index in [0.29, 0.717) is 17.5 Å². The topological polar surface area (TPSA) is 69.9 Å². The lowest BCUT2D eigenvalue weighted by Gasteiger charge is -2.39. The second-order valence-corrected chi connectivity index (χ2v) is 7.35. The van der Waals surface area contributed by atoms with Crippen LogP contribution in [0.5, 0.6) is 0 Å². The van der Waals surface area contributed by atoms with E-state index in [4.69, 9.17) is 5.73 Å². The molecule has 0 spiro atoms. The molecule has 6 nitrogen and oxygen atoms in total. The number of carbonyl (C=O) groups excluding carboxylic acids is 2. The number of piperazine rings is 1. The van der Waals surface area contributed by atoms with Crippen LogP contribution in [-0.2, 0) is 11.3 Å². The summed E-state index contributed by atoms with van der Waals surface area (Å²) in [5, 5.41) is 0. The van der Waals surface area contributed by atoms with Crippen molar-refractivity contribution < 1.29 is 9.59 Å². The predicted molar refractivity (Wildman–Crippen MR) is 97.0 cm³/mol. The molecule has 2 fully saturated rings. The second kappa shape index (κ2) is 7.54. The number of primary amides is 1. The lowest BCUT2D eigenvalue weighted by atomic mass is 10.0. The molecule has 0 unspecified atom stereocenters. The van der Waals surface area contributed by atoms with Crippen molar-refractivity contribution in [2.45, 2.75) is 26.4 Å². The number of amides is 2. The largest absolute Gasteiger partial charge is 0.366 e. The van der Waals surface area contributed by atoms with Crippen molar-refractivity contribution in [1.82, 2.24) is 14.7 Å². The van der Waals surface area contributed by atoms with Crippen molar-refractivity contribution in [1.29, 1.82) is 0 Å². The molecule has 2 amide bonds. The van der Waals surface area contributed by atoms with E-state index < -0.39 is 0 Å². The molecule has 2 heterocycles. The minimum Gasteiger partial charge on any atom is -0.366 e. The normalized spacial score (nSPS) is 25.3. The number of rotatable bonds is 4. The monoisotopic (exact) mass is 344 g/mol. The number of hydrogen-bond donors (Lipinski definition) is 1. The molecule has 3 rings (SSSR count). The molecule has 2 saturated heterocycles. The van der Waals surface area contributed by atoms with Gasteiger partial charge in [-0.15, -0.1) is 0 Å². The highest BCUT2D eigenvalue weighted by Gasteiger charge is 2.35. The van der Waals surface area contributed by atoms with Gasteiger partial charge in [-0.05, 0) is 23.6 Å². The molecular formula is C19H28N4O2. The third kappa shape index (κ3) is 4.19. The molecule has 2 aliphatic heterocycles. The van der Waals surface area contributed by atoms with E-state index in [9.17, 15) is 9.59 Å². The molecule has 2 aliphatic rings. The molecule has 1 aromatic rings. The van der Waals surface area contributed by atoms with Crippen LogP contribution >= 0.6 is 0 Å². The van der Waals surface area contributed by atoms with Gasteiger partial charge in [0.15, 0.2) is 0 Å². The van der Waals surface area contributed by atoms with E-state index in [2.05, 4.69) is 22.8 Å². The van der Waals surface area contributed by atoms with Gasteiger partial charge in [-0.3, -0.25) is 19.4 Å². The van der Waals surface area contributed by atoms with Crippen LogP contribution < -0.4 is 5.73 Å². The summed E-state index contributed by atoms with van der Waals surface area (Å²) in [4.78, 5) is 29.8. The van der Waals surface area contributed by atoms with Crippen molar-refractivity contribution in [2.24, 2.45) is 11.7 Å². The molecule has 136 valence electrons. The number of carbonyl (C=O) groups is 2. The van der Waals surface area contributed by atoms with Crippen LogP contribution in [-0.4, -0.2) is 71.8 Å². The lowest BCUT2D eigenvalue weighted by molar-refractivity contribution is -0.130. The smallest absolute Gasteiger partial charge is 0.248 e. The summed E-state index contributed by atoms with van der Waals surface area (Å²) in [6.07, 6.45) is 0. The Labute approximate surface area is 149 Å². The van der Waals surface area contributed by atoms with E-state index in [1.807, 2.05) is 17.0 Å². The van der Waals surface area contributed by atoms with Crippen LogP contribution in [0.2, 0.25) is 0 Å². The molecule has 1 aromatic carbocycles. The predicted octanol–water partition coefficient (Wildman–Crippen LogP) is 0.770. The number of nitrogens with zero attached hydrogens (tertiary/aromatic N) is 3. The van der Waals surface area contributed by atoms with Crippen molar-refractivity contribution in [3.8, 4) is 0 Å². The number of nitrogens with two attached hydrogens (primary N) is 1. The molecule has 0 aliphatic carbocycles. The fourth-order valence-corrected chi connectivity index (χ4v) is 4.10. The zero-order chi connectivity index (χ0) is 18.0. The van der Waals surface area contributed by atoms with E-state index >= 15 is 0 Å². The minimum absolute atomic E-state index is 0.176. The van der Waals surface area contributed by atoms with Gasteiger partial charge in [0.2, 0.25) is 11.8 Å². The Hall–Kier alpha value is -1.92. The van der Waals surface area contributed by atoms with Gasteiger partial charge in [0.05, 0.1) is 0 Å². The minimum atomic E-state index is -0.377. The first-order chi connectivity index (χ1) is 11.9. The third-order valence-corrected chi connectivity index (χ3v) is 5.49. The average molecular weight is 344 g/mol. The quantitative estimate of drug-likeness (QED) is 0.876. The SMILES string of the molecule is CC(=O)N1CCN([C@@H]2CN(Cc3cccc(C(N)=O)c3)C[C@@H]2C)CC1. The summed E-state index contributed by atoms with van der Waals surface area (Å²) in [5.41, 5.74) is 7.08. The molecule has 0 radical (unpaired) electrons. The molecule has 2 N–H and O–H groups in total. The Kier molecular flexibility index (Phi) is 5.39. The zero-order valence-corrected chi connectivity index (χ0v) is 15.1. The van der Waals surface area contributed by atoms with Crippen molar-refractivity contribution in [3.63, 3.8) is 0 Å². The van der Waals surface area contributed by atoms with Crippen LogP contribution in [0.15, 0.2) is 24.3 Å². The maximum atomic E-state index is 11.5. The maximum absolute atomic E-state index is 11.5. The van der Waals surface area contributed by atoms with E-state index in [1.165, 1.54) is 0 Å². The maximum Gasteiger partial charge on any atom is 0.248 e. The first kappa shape index (κ1) is 17.9. The van der Waals surface area contributed by atoms with Crippen LogP contribution in [0, 0.1) is 5.92 Å². The number of benzene rings is 1.